The number of carboxylic acids is 2. The standard InChI is InChI=1S/C16H19NO3S.C16H18O3S.C12H9NO5S.C12H11NO3S.C6H4ClNO4S.C6H5ClO2S.C5H3ClO2S.C4HCl2NO4S2/c1-3-4-10-17-13-11-14(15(18)19-2)21-16(13)20-12-8-6-5-7-9-12;1-2-3-5-8-12-11-14(15(17)18)20-16(12)19-13-9-6-4-7-10-13;1-17-11(14)10-7-9(13(15)16)12(19-10)18-8-5-3-2-4-6-8;1-15-11(14)10-7-9(13)12(17-10)16-8-5-3-2-4-6-8;1-12-6(9)4-2-3(8(10)11)5(7)13-4;1-9-6(8)4-2-3-5(7)10-4;6-4-2-1-3(9-4)5(7)8;5-4-2(7(8)9)1-3(12-4)13(6,10)11/h5-9,11,17H,3-4,10H2,1-2H3;4,6-7,9-11H,2-3,5,8H2,1H3,(H,17,18);2-7H,1H3;2-7H,13H2,1H3;2H,1H3;2-3H,1H3;1-2H,(H,7,8);1H. The molecule has 0 aliphatic rings. The number of nitrogen functional groups attached to an aromatic ring is 1. The highest BCUT2D eigenvalue weighted by Crippen LogP contribution is 2.43. The van der Waals surface area contributed by atoms with Crippen molar-refractivity contribution in [2.24, 2.45) is 0 Å². The number of rotatable bonds is 27. The number of thiophene rings is 8. The van der Waals surface area contributed by atoms with Crippen molar-refractivity contribution in [2.75, 3.05) is 53.1 Å². The summed E-state index contributed by atoms with van der Waals surface area (Å²) in [6.07, 6.45) is 6.37. The van der Waals surface area contributed by atoms with Crippen LogP contribution in [0.3, 0.4) is 0 Å². The quantitative estimate of drug-likeness (QED) is 0.00927. The third-order valence-electron chi connectivity index (χ3n) is 14.2. The number of nitrogens with two attached hydrogens (primary N) is 1. The number of aryl methyl sites for hydroxylation is 1. The van der Waals surface area contributed by atoms with Crippen molar-refractivity contribution in [3.63, 3.8) is 0 Å². The first-order valence-electron chi connectivity index (χ1n) is 34.4. The summed E-state index contributed by atoms with van der Waals surface area (Å²) in [6.45, 7) is 5.13. The molecule has 8 aromatic heterocycles. The lowest BCUT2D eigenvalue weighted by molar-refractivity contribution is -0.385. The predicted molar refractivity (Wildman–Crippen MR) is 475 cm³/mol. The first-order valence-corrected chi connectivity index (χ1v) is 44.7. The van der Waals surface area contributed by atoms with E-state index in [9.17, 15) is 72.3 Å². The first-order chi connectivity index (χ1) is 58.1. The van der Waals surface area contributed by atoms with E-state index in [0.29, 0.717) is 71.9 Å². The Morgan fingerprint density at radius 3 is 1.16 bits per heavy atom. The second kappa shape index (κ2) is 52.5. The number of benzene rings is 4. The van der Waals surface area contributed by atoms with Gasteiger partial charge < -0.3 is 63.9 Å². The minimum atomic E-state index is -3.94. The van der Waals surface area contributed by atoms with Crippen molar-refractivity contribution in [3.05, 3.63) is 269 Å². The van der Waals surface area contributed by atoms with Crippen LogP contribution in [0.4, 0.5) is 28.4 Å². The van der Waals surface area contributed by atoms with Gasteiger partial charge in [-0.15, -0.1) is 45.3 Å². The Labute approximate surface area is 752 Å². The third kappa shape index (κ3) is 34.2. The number of carboxylic acid groups (broad SMARTS) is 2. The van der Waals surface area contributed by atoms with Gasteiger partial charge in [-0.05, 0) is 110 Å². The molecule has 0 spiro atoms. The maximum absolute atomic E-state index is 11.7. The van der Waals surface area contributed by atoms with Gasteiger partial charge in [0.05, 0.1) is 70.4 Å². The average molecular weight is 1950 g/mol. The van der Waals surface area contributed by atoms with Gasteiger partial charge in [-0.1, -0.05) is 198 Å². The molecule has 0 amide bonds. The number of nitrogens with zero attached hydrogens (tertiary/aromatic N) is 3. The molecule has 0 saturated heterocycles. The van der Waals surface area contributed by atoms with Crippen LogP contribution in [-0.4, -0.2) is 117 Å². The fraction of sp³-hybridized carbons (Fsp3) is 0.182. The van der Waals surface area contributed by atoms with Gasteiger partial charge in [-0.3, -0.25) is 30.3 Å². The van der Waals surface area contributed by atoms with Crippen molar-refractivity contribution in [2.45, 2.75) is 56.6 Å². The Balaban J connectivity index is 0.000000251. The molecule has 648 valence electrons. The van der Waals surface area contributed by atoms with E-state index < -0.39 is 59.4 Å². The number of hydrogen-bond donors (Lipinski definition) is 4. The highest BCUT2D eigenvalue weighted by atomic mass is 35.7. The number of halogens is 5. The highest BCUT2D eigenvalue weighted by Gasteiger charge is 2.27. The summed E-state index contributed by atoms with van der Waals surface area (Å²) in [4.78, 5) is 109. The molecule has 0 fully saturated rings. The minimum Gasteiger partial charge on any atom is -0.477 e. The molecule has 12 rings (SSSR count). The normalized spacial score (nSPS) is 10.1. The highest BCUT2D eigenvalue weighted by molar-refractivity contribution is 8.15. The number of aromatic carboxylic acids is 2. The zero-order valence-corrected chi connectivity index (χ0v) is 75.6. The van der Waals surface area contributed by atoms with E-state index in [2.05, 4.69) is 38.1 Å². The van der Waals surface area contributed by atoms with Crippen LogP contribution < -0.4 is 30.0 Å². The molecule has 0 aliphatic carbocycles. The number of esters is 5. The maximum Gasteiger partial charge on any atom is 0.348 e. The van der Waals surface area contributed by atoms with Crippen molar-refractivity contribution in [1.29, 1.82) is 0 Å². The number of unbranched alkanes of at least 4 members (excludes halogenated alkanes) is 3. The minimum absolute atomic E-state index is 0.0228. The SMILES string of the molecule is CCCCCc1cc(C(=O)O)sc1Oc1ccccc1.CCCCNc1cc(C(=O)OC)sc1Oc1ccccc1.COC(=O)c1cc(N)c(Oc2ccccc2)s1.COC(=O)c1cc([N+](=O)[O-])c(Cl)s1.COC(=O)c1cc([N+](=O)[O-])c(Oc2ccccc2)s1.COC(=O)c1ccc(Cl)s1.O=C(O)c1ccc(Cl)s1.O=[N+]([O-])c1cc(S(=O)(=O)Cl)sc1Cl. The van der Waals surface area contributed by atoms with E-state index >= 15 is 0 Å². The van der Waals surface area contributed by atoms with E-state index in [1.807, 2.05) is 91.0 Å². The van der Waals surface area contributed by atoms with Crippen molar-refractivity contribution in [3.8, 4) is 43.3 Å². The van der Waals surface area contributed by atoms with Crippen LogP contribution >= 0.6 is 148 Å². The van der Waals surface area contributed by atoms with Crippen molar-refractivity contribution < 1.29 is 110 Å². The second-order valence-corrected chi connectivity index (χ2v) is 36.3. The van der Waals surface area contributed by atoms with Crippen LogP contribution in [0.2, 0.25) is 17.3 Å². The lowest BCUT2D eigenvalue weighted by atomic mass is 10.1. The molecule has 31 nitrogen and oxygen atoms in total. The Bertz CT molecular complexity index is 5560. The molecular weight excluding hydrogens is 1880 g/mol. The van der Waals surface area contributed by atoms with Gasteiger partial charge >= 0.3 is 47.5 Å². The van der Waals surface area contributed by atoms with Gasteiger partial charge in [0.2, 0.25) is 10.1 Å². The zero-order chi connectivity index (χ0) is 90.2. The largest absolute Gasteiger partial charge is 0.477 e. The topological polar surface area (TPSA) is 445 Å². The maximum atomic E-state index is 11.7. The fourth-order valence-electron chi connectivity index (χ4n) is 8.56. The number of carbonyl (C=O) groups excluding carboxylic acids is 5. The van der Waals surface area contributed by atoms with Crippen LogP contribution in [-0.2, 0) is 39.2 Å². The van der Waals surface area contributed by atoms with Gasteiger partial charge in [-0.2, -0.15) is 0 Å². The van der Waals surface area contributed by atoms with Crippen LogP contribution in [0.1, 0.15) is 119 Å². The van der Waals surface area contributed by atoms with Gasteiger partial charge in [0, 0.05) is 41.0 Å². The fourth-order valence-corrected chi connectivity index (χ4v) is 17.6. The summed E-state index contributed by atoms with van der Waals surface area (Å²) in [7, 11) is 7.48. The first kappa shape index (κ1) is 102. The lowest BCUT2D eigenvalue weighted by Gasteiger charge is -2.08. The molecular formula is C77H70Cl5N5O26S9. The van der Waals surface area contributed by atoms with E-state index in [4.69, 9.17) is 96.7 Å². The van der Waals surface area contributed by atoms with Crippen molar-refractivity contribution >= 4 is 227 Å². The summed E-state index contributed by atoms with van der Waals surface area (Å²) in [5.74, 6) is -1.54. The summed E-state index contributed by atoms with van der Waals surface area (Å²) < 4.78 is 67.4. The average Bonchev–Trinajstić information content (AvgIpc) is 1.72. The Morgan fingerprint density at radius 1 is 0.410 bits per heavy atom. The van der Waals surface area contributed by atoms with Gasteiger partial charge in [-0.25, -0.2) is 42.0 Å². The van der Waals surface area contributed by atoms with E-state index in [0.717, 1.165) is 120 Å². The van der Waals surface area contributed by atoms with Gasteiger partial charge in [0.25, 0.3) is 25.5 Å². The van der Waals surface area contributed by atoms with Crippen LogP contribution in [0.15, 0.2) is 186 Å². The molecule has 0 saturated carbocycles. The number of anilines is 2. The number of para-hydroxylation sites is 4. The summed E-state index contributed by atoms with van der Waals surface area (Å²) in [5.41, 5.74) is 7.03. The van der Waals surface area contributed by atoms with E-state index in [1.54, 1.807) is 66.7 Å². The number of nitro groups is 3. The number of methoxy groups -OCH3 is 5. The predicted octanol–water partition coefficient (Wildman–Crippen LogP) is 24.3. The third-order valence-corrected chi connectivity index (χ3v) is 25.4. The summed E-state index contributed by atoms with van der Waals surface area (Å²) in [5, 5.41) is 54.2. The monoisotopic (exact) mass is 1940 g/mol. The molecule has 45 heteroatoms. The van der Waals surface area contributed by atoms with E-state index in [-0.39, 0.29) is 55.9 Å². The Kier molecular flexibility index (Phi) is 43.8. The number of nitrogens with one attached hydrogen (secondary N) is 1. The second-order valence-electron chi connectivity index (χ2n) is 22.7. The van der Waals surface area contributed by atoms with Crippen molar-refractivity contribution in [1.82, 2.24) is 0 Å². The number of ether oxygens (including phenoxy) is 9. The Hall–Kier alpha value is -10.8. The van der Waals surface area contributed by atoms with Gasteiger partial charge in [0.15, 0.2) is 13.7 Å². The molecule has 122 heavy (non-hydrogen) atoms. The molecule has 5 N–H and O–H groups in total. The van der Waals surface area contributed by atoms with E-state index in [1.165, 1.54) is 87.0 Å². The molecule has 0 aliphatic heterocycles. The zero-order valence-electron chi connectivity index (χ0n) is 64.4. The number of carbonyl (C=O) groups is 7. The molecule has 12 aromatic rings. The molecule has 0 unspecified atom stereocenters. The van der Waals surface area contributed by atoms with Crippen LogP contribution in [0.5, 0.6) is 43.3 Å². The van der Waals surface area contributed by atoms with Crippen LogP contribution in [0.25, 0.3) is 0 Å². The smallest absolute Gasteiger partial charge is 0.348 e. The Morgan fingerprint density at radius 2 is 0.770 bits per heavy atom. The molecule has 0 atom stereocenters. The summed E-state index contributed by atoms with van der Waals surface area (Å²) in [6, 6.07) is 51.4. The molecule has 0 radical (unpaired) electrons. The molecule has 0 bridgehead atoms. The summed E-state index contributed by atoms with van der Waals surface area (Å²) >= 11 is 30.1. The number of hydrogen-bond acceptors (Lipinski definition) is 34. The van der Waals surface area contributed by atoms with Crippen LogP contribution in [0, 0.1) is 30.3 Å². The van der Waals surface area contributed by atoms with Gasteiger partial charge in [0.1, 0.15) is 61.3 Å². The lowest BCUT2D eigenvalue weighted by Crippen LogP contribution is -2.01. The molecule has 4 aromatic carbocycles. The molecule has 8 heterocycles.